The molecule has 1 aliphatic carbocycles. The van der Waals surface area contributed by atoms with Crippen LogP contribution in [-0.4, -0.2) is 32.4 Å². The number of hydrogen-bond acceptors (Lipinski definition) is 5. The van der Waals surface area contributed by atoms with Crippen LogP contribution in [0.25, 0.3) is 0 Å². The summed E-state index contributed by atoms with van der Waals surface area (Å²) in [5.41, 5.74) is -2.56. The number of benzene rings is 2. The molecule has 0 radical (unpaired) electrons. The van der Waals surface area contributed by atoms with E-state index in [0.29, 0.717) is 16.1 Å². The topological polar surface area (TPSA) is 99.9 Å². The molecule has 2 aliphatic rings. The van der Waals surface area contributed by atoms with Gasteiger partial charge in [0, 0.05) is 22.7 Å². The molecule has 1 aliphatic heterocycles. The molecule has 2 aromatic carbocycles. The molecule has 5 atom stereocenters. The van der Waals surface area contributed by atoms with Crippen LogP contribution in [0.1, 0.15) is 22.7 Å². The third-order valence-electron chi connectivity index (χ3n) is 6.30. The zero-order chi connectivity index (χ0) is 22.0. The van der Waals surface area contributed by atoms with Gasteiger partial charge in [0.05, 0.1) is 10.9 Å². The number of fused-ring (bicyclic) bond motifs is 3. The van der Waals surface area contributed by atoms with Gasteiger partial charge >= 0.3 is 5.97 Å². The first-order valence-corrected chi connectivity index (χ1v) is 10.8. The highest BCUT2D eigenvalue weighted by molar-refractivity contribution is 9.10. The summed E-state index contributed by atoms with van der Waals surface area (Å²) in [7, 11) is 0. The highest BCUT2D eigenvalue weighted by Gasteiger charge is 2.78. The lowest BCUT2D eigenvalue weighted by atomic mass is 9.71. The maximum Gasteiger partial charge on any atom is 0.310 e. The standard InChI is InChI=1S/C23H17BrClNO5/c24-14-8-6-13(7-9-14)23-18(12-4-2-1-3-5-12)17(21(28)29)20(27)22(23,30)19-16(31-23)10-15(25)11-26-19/h1-11,17-18,20,27,30H,(H,28,29). The van der Waals surface area contributed by atoms with E-state index in [9.17, 15) is 20.1 Å². The summed E-state index contributed by atoms with van der Waals surface area (Å²) < 4.78 is 7.21. The van der Waals surface area contributed by atoms with Crippen molar-refractivity contribution in [3.05, 3.63) is 93.2 Å². The first-order valence-electron chi connectivity index (χ1n) is 9.60. The van der Waals surface area contributed by atoms with E-state index in [-0.39, 0.29) is 11.4 Å². The van der Waals surface area contributed by atoms with Crippen molar-refractivity contribution in [3.63, 3.8) is 0 Å². The molecule has 0 spiro atoms. The SMILES string of the molecule is O=C(O)C1C(O)C2(O)c3ncc(Cl)cc3OC2(c2ccc(Br)cc2)C1c1ccccc1. The van der Waals surface area contributed by atoms with E-state index in [2.05, 4.69) is 20.9 Å². The fourth-order valence-electron chi connectivity index (χ4n) is 5.10. The Kier molecular flexibility index (Phi) is 4.64. The zero-order valence-corrected chi connectivity index (χ0v) is 18.3. The molecule has 0 amide bonds. The number of aliphatic carboxylic acids is 1. The van der Waals surface area contributed by atoms with Gasteiger partial charge in [0.2, 0.25) is 0 Å². The van der Waals surface area contributed by atoms with Crippen molar-refractivity contribution in [1.82, 2.24) is 4.98 Å². The molecule has 2 heterocycles. The van der Waals surface area contributed by atoms with Gasteiger partial charge in [-0.1, -0.05) is 70.0 Å². The number of aliphatic hydroxyl groups excluding tert-OH is 1. The largest absolute Gasteiger partial charge is 0.481 e. The number of carbonyl (C=O) groups is 1. The van der Waals surface area contributed by atoms with Gasteiger partial charge in [0.1, 0.15) is 17.5 Å². The van der Waals surface area contributed by atoms with Gasteiger partial charge in [-0.3, -0.25) is 9.78 Å². The molecule has 0 saturated heterocycles. The number of pyridine rings is 1. The minimum absolute atomic E-state index is 0.0667. The fraction of sp³-hybridized carbons (Fsp3) is 0.217. The van der Waals surface area contributed by atoms with Crippen molar-refractivity contribution >= 4 is 33.5 Å². The van der Waals surface area contributed by atoms with Crippen LogP contribution in [0.5, 0.6) is 5.75 Å². The van der Waals surface area contributed by atoms with Crippen LogP contribution in [-0.2, 0) is 16.0 Å². The average Bonchev–Trinajstić information content (AvgIpc) is 3.12. The van der Waals surface area contributed by atoms with Gasteiger partial charge in [-0.15, -0.1) is 0 Å². The van der Waals surface area contributed by atoms with Gasteiger partial charge in [0.15, 0.2) is 11.2 Å². The van der Waals surface area contributed by atoms with Gasteiger partial charge in [-0.2, -0.15) is 0 Å². The van der Waals surface area contributed by atoms with Crippen molar-refractivity contribution in [3.8, 4) is 5.75 Å². The predicted molar refractivity (Wildman–Crippen MR) is 116 cm³/mol. The van der Waals surface area contributed by atoms with Crippen LogP contribution in [0, 0.1) is 5.92 Å². The average molecular weight is 503 g/mol. The van der Waals surface area contributed by atoms with Crippen LogP contribution in [0.4, 0.5) is 0 Å². The van der Waals surface area contributed by atoms with Crippen molar-refractivity contribution < 1.29 is 24.9 Å². The Hall–Kier alpha value is -2.45. The normalized spacial score (nSPS) is 31.0. The number of aliphatic hydroxyl groups is 2. The monoisotopic (exact) mass is 501 g/mol. The van der Waals surface area contributed by atoms with Gasteiger partial charge < -0.3 is 20.1 Å². The molecule has 6 nitrogen and oxygen atoms in total. The Labute approximate surface area is 191 Å². The van der Waals surface area contributed by atoms with E-state index in [0.717, 1.165) is 4.47 Å². The fourth-order valence-corrected chi connectivity index (χ4v) is 5.52. The summed E-state index contributed by atoms with van der Waals surface area (Å²) in [5, 5.41) is 33.8. The molecular formula is C23H17BrClNO5. The minimum atomic E-state index is -2.12. The summed E-state index contributed by atoms with van der Waals surface area (Å²) in [6.45, 7) is 0. The van der Waals surface area contributed by atoms with Crippen molar-refractivity contribution in [2.75, 3.05) is 0 Å². The minimum Gasteiger partial charge on any atom is -0.481 e. The predicted octanol–water partition coefficient (Wildman–Crippen LogP) is 3.83. The van der Waals surface area contributed by atoms with Gasteiger partial charge in [0.25, 0.3) is 0 Å². The van der Waals surface area contributed by atoms with Gasteiger partial charge in [-0.25, -0.2) is 0 Å². The molecule has 0 bridgehead atoms. The van der Waals surface area contributed by atoms with E-state index in [1.54, 1.807) is 48.5 Å². The maximum atomic E-state index is 12.4. The summed E-state index contributed by atoms with van der Waals surface area (Å²) >= 11 is 9.53. The molecule has 8 heteroatoms. The number of carboxylic acids is 1. The van der Waals surface area contributed by atoms with E-state index in [1.807, 2.05) is 6.07 Å². The van der Waals surface area contributed by atoms with Crippen molar-refractivity contribution in [2.24, 2.45) is 5.92 Å². The second kappa shape index (κ2) is 7.03. The molecule has 3 N–H and O–H groups in total. The van der Waals surface area contributed by atoms with Gasteiger partial charge in [-0.05, 0) is 23.3 Å². The second-order valence-corrected chi connectivity index (χ2v) is 9.16. The Bertz CT molecular complexity index is 1170. The third kappa shape index (κ3) is 2.64. The summed E-state index contributed by atoms with van der Waals surface area (Å²) in [4.78, 5) is 16.7. The van der Waals surface area contributed by atoms with E-state index in [1.165, 1.54) is 12.3 Å². The Balaban J connectivity index is 1.87. The first-order chi connectivity index (χ1) is 14.8. The number of halogens is 2. The molecule has 5 unspecified atom stereocenters. The Morgan fingerprint density at radius 3 is 2.45 bits per heavy atom. The Morgan fingerprint density at radius 1 is 1.13 bits per heavy atom. The Morgan fingerprint density at radius 2 is 1.81 bits per heavy atom. The van der Waals surface area contributed by atoms with Crippen LogP contribution >= 0.6 is 27.5 Å². The third-order valence-corrected chi connectivity index (χ3v) is 7.04. The van der Waals surface area contributed by atoms with E-state index >= 15 is 0 Å². The second-order valence-electron chi connectivity index (χ2n) is 7.81. The molecule has 1 aromatic heterocycles. The lowest BCUT2D eigenvalue weighted by molar-refractivity contribution is -0.160. The lowest BCUT2D eigenvalue weighted by Crippen LogP contribution is -2.52. The zero-order valence-electron chi connectivity index (χ0n) is 15.9. The molecule has 1 saturated carbocycles. The van der Waals surface area contributed by atoms with Crippen molar-refractivity contribution in [1.29, 1.82) is 0 Å². The quantitative estimate of drug-likeness (QED) is 0.503. The molecular weight excluding hydrogens is 486 g/mol. The van der Waals surface area contributed by atoms with E-state index < -0.39 is 35.1 Å². The lowest BCUT2D eigenvalue weighted by Gasteiger charge is -2.40. The summed E-state index contributed by atoms with van der Waals surface area (Å²) in [6, 6.07) is 17.5. The van der Waals surface area contributed by atoms with Crippen LogP contribution in [0.15, 0.2) is 71.3 Å². The molecule has 31 heavy (non-hydrogen) atoms. The highest BCUT2D eigenvalue weighted by Crippen LogP contribution is 2.68. The number of rotatable bonds is 3. The van der Waals surface area contributed by atoms with E-state index in [4.69, 9.17) is 16.3 Å². The number of hydrogen-bond donors (Lipinski definition) is 3. The number of nitrogens with zero attached hydrogens (tertiary/aromatic N) is 1. The van der Waals surface area contributed by atoms with Crippen LogP contribution in [0.3, 0.4) is 0 Å². The smallest absolute Gasteiger partial charge is 0.310 e. The molecule has 158 valence electrons. The number of carboxylic acid groups (broad SMARTS) is 1. The molecule has 1 fully saturated rings. The first kappa shape index (κ1) is 20.5. The van der Waals surface area contributed by atoms with Crippen LogP contribution in [0.2, 0.25) is 5.02 Å². The maximum absolute atomic E-state index is 12.4. The van der Waals surface area contributed by atoms with Crippen molar-refractivity contribution in [2.45, 2.75) is 23.2 Å². The highest BCUT2D eigenvalue weighted by atomic mass is 79.9. The van der Waals surface area contributed by atoms with Crippen LogP contribution < -0.4 is 4.74 Å². The number of ether oxygens (including phenoxy) is 1. The summed E-state index contributed by atoms with van der Waals surface area (Å²) in [6.07, 6.45) is -0.341. The molecule has 3 aromatic rings. The summed E-state index contributed by atoms with van der Waals surface area (Å²) in [5.74, 6) is -3.29. The number of aromatic nitrogens is 1. The molecule has 5 rings (SSSR count).